The molecule has 0 radical (unpaired) electrons. The molecule has 0 aliphatic carbocycles. The Morgan fingerprint density at radius 1 is 0.969 bits per heavy atom. The number of methoxy groups -OCH3 is 2. The maximum absolute atomic E-state index is 12.7. The highest BCUT2D eigenvalue weighted by Gasteiger charge is 2.21. The van der Waals surface area contributed by atoms with Crippen LogP contribution in [0, 0.1) is 0 Å². The van der Waals surface area contributed by atoms with Crippen molar-refractivity contribution in [3.63, 3.8) is 0 Å². The number of nitrogens with one attached hydrogen (secondary N) is 3. The second-order valence-corrected chi connectivity index (χ2v) is 8.45. The Kier molecular flexibility index (Phi) is 5.69. The van der Waals surface area contributed by atoms with E-state index in [0.29, 0.717) is 28.2 Å². The third-order valence-electron chi connectivity index (χ3n) is 4.72. The van der Waals surface area contributed by atoms with Crippen LogP contribution in [0.3, 0.4) is 0 Å². The molecule has 0 fully saturated rings. The van der Waals surface area contributed by atoms with Crippen molar-refractivity contribution in [2.45, 2.75) is 4.90 Å². The zero-order valence-corrected chi connectivity index (χ0v) is 18.1. The van der Waals surface area contributed by atoms with Gasteiger partial charge < -0.3 is 19.8 Å². The first-order chi connectivity index (χ1) is 15.4. The van der Waals surface area contributed by atoms with Gasteiger partial charge in [0.05, 0.1) is 24.8 Å². The molecule has 32 heavy (non-hydrogen) atoms. The highest BCUT2D eigenvalue weighted by atomic mass is 32.2. The molecule has 0 bridgehead atoms. The first-order valence-electron chi connectivity index (χ1n) is 9.49. The molecule has 4 aromatic rings. The van der Waals surface area contributed by atoms with Crippen LogP contribution in [0.1, 0.15) is 10.5 Å². The molecule has 0 unspecified atom stereocenters. The Hall–Kier alpha value is -4.05. The highest BCUT2D eigenvalue weighted by Crippen LogP contribution is 2.27. The summed E-state index contributed by atoms with van der Waals surface area (Å²) in [6.07, 6.45) is 1.58. The van der Waals surface area contributed by atoms with Gasteiger partial charge in [-0.2, -0.15) is 0 Å². The highest BCUT2D eigenvalue weighted by molar-refractivity contribution is 7.90. The molecule has 0 aliphatic rings. The molecule has 9 nitrogen and oxygen atoms in total. The topological polar surface area (TPSA) is 122 Å². The standard InChI is InChI=1S/C22H20N4O5S/c1-30-15-6-8-17(9-7-15)32(28,29)26-22(27)20-13-18-19(10-11-23-21(18)25-20)24-14-4-3-5-16(12-14)31-2/h3-13H,1-2H3,(H,26,27)(H2,23,24,25). The van der Waals surface area contributed by atoms with Gasteiger partial charge in [-0.3, -0.25) is 4.79 Å². The van der Waals surface area contributed by atoms with Crippen molar-refractivity contribution < 1.29 is 22.7 Å². The van der Waals surface area contributed by atoms with E-state index < -0.39 is 15.9 Å². The summed E-state index contributed by atoms with van der Waals surface area (Å²) in [4.78, 5) is 19.7. The van der Waals surface area contributed by atoms with E-state index in [1.807, 2.05) is 24.3 Å². The van der Waals surface area contributed by atoms with Crippen LogP contribution in [0.5, 0.6) is 11.5 Å². The van der Waals surface area contributed by atoms with Crippen LogP contribution in [-0.2, 0) is 10.0 Å². The summed E-state index contributed by atoms with van der Waals surface area (Å²) < 4.78 is 37.5. The fourth-order valence-electron chi connectivity index (χ4n) is 3.11. The number of benzene rings is 2. The normalized spacial score (nSPS) is 11.2. The number of fused-ring (bicyclic) bond motifs is 1. The lowest BCUT2D eigenvalue weighted by atomic mass is 10.2. The SMILES string of the molecule is COc1ccc(S(=O)(=O)NC(=O)c2cc3c(Nc4cccc(OC)c4)ccnc3[nH]2)cc1. The molecule has 2 heterocycles. The van der Waals surface area contributed by atoms with Gasteiger partial charge in [0, 0.05) is 23.3 Å². The predicted molar refractivity (Wildman–Crippen MR) is 120 cm³/mol. The summed E-state index contributed by atoms with van der Waals surface area (Å²) in [6, 6.07) is 16.4. The van der Waals surface area contributed by atoms with Crippen LogP contribution in [0.25, 0.3) is 11.0 Å². The molecule has 2 aromatic heterocycles. The summed E-state index contributed by atoms with van der Waals surface area (Å²) in [5, 5.41) is 3.88. The number of nitrogens with zero attached hydrogens (tertiary/aromatic N) is 1. The van der Waals surface area contributed by atoms with Crippen molar-refractivity contribution in [3.8, 4) is 11.5 Å². The summed E-state index contributed by atoms with van der Waals surface area (Å²) in [6.45, 7) is 0. The van der Waals surface area contributed by atoms with Gasteiger partial charge >= 0.3 is 0 Å². The number of amides is 1. The number of carbonyl (C=O) groups excluding carboxylic acids is 1. The predicted octanol–water partition coefficient (Wildman–Crippen LogP) is 3.44. The lowest BCUT2D eigenvalue weighted by Gasteiger charge is -2.08. The molecule has 0 saturated heterocycles. The van der Waals surface area contributed by atoms with E-state index in [0.717, 1.165) is 5.69 Å². The second-order valence-electron chi connectivity index (χ2n) is 6.77. The molecule has 3 N–H and O–H groups in total. The number of sulfonamides is 1. The van der Waals surface area contributed by atoms with Crippen LogP contribution >= 0.6 is 0 Å². The Morgan fingerprint density at radius 2 is 1.72 bits per heavy atom. The largest absolute Gasteiger partial charge is 0.497 e. The molecule has 0 aliphatic heterocycles. The van der Waals surface area contributed by atoms with Gasteiger partial charge in [-0.05, 0) is 48.5 Å². The smallest absolute Gasteiger partial charge is 0.281 e. The molecule has 164 valence electrons. The van der Waals surface area contributed by atoms with E-state index in [2.05, 4.69) is 20.0 Å². The average molecular weight is 452 g/mol. The van der Waals surface area contributed by atoms with Gasteiger partial charge in [0.25, 0.3) is 15.9 Å². The number of H-pyrrole nitrogens is 1. The Labute approximate surface area is 184 Å². The zero-order chi connectivity index (χ0) is 22.7. The number of rotatable bonds is 7. The van der Waals surface area contributed by atoms with Crippen LogP contribution < -0.4 is 19.5 Å². The maximum Gasteiger partial charge on any atom is 0.281 e. The number of hydrogen-bond acceptors (Lipinski definition) is 7. The summed E-state index contributed by atoms with van der Waals surface area (Å²) >= 11 is 0. The van der Waals surface area contributed by atoms with E-state index in [-0.39, 0.29) is 10.6 Å². The molecule has 10 heteroatoms. The average Bonchev–Trinajstić information content (AvgIpc) is 3.25. The third-order valence-corrected chi connectivity index (χ3v) is 6.07. The van der Waals surface area contributed by atoms with Gasteiger partial charge in [0.15, 0.2) is 0 Å². The molecular weight excluding hydrogens is 432 g/mol. The minimum absolute atomic E-state index is 0.0544. The van der Waals surface area contributed by atoms with E-state index in [9.17, 15) is 13.2 Å². The van der Waals surface area contributed by atoms with E-state index >= 15 is 0 Å². The van der Waals surface area contributed by atoms with Crippen molar-refractivity contribution >= 4 is 38.3 Å². The molecule has 0 spiro atoms. The molecule has 0 saturated carbocycles. The van der Waals surface area contributed by atoms with Gasteiger partial charge in [-0.25, -0.2) is 18.1 Å². The van der Waals surface area contributed by atoms with Crippen molar-refractivity contribution in [1.82, 2.24) is 14.7 Å². The van der Waals surface area contributed by atoms with Crippen molar-refractivity contribution in [2.75, 3.05) is 19.5 Å². The lowest BCUT2D eigenvalue weighted by molar-refractivity contribution is 0.0977. The first kappa shape index (κ1) is 21.2. The number of pyridine rings is 1. The minimum atomic E-state index is -4.06. The first-order valence-corrected chi connectivity index (χ1v) is 11.0. The number of ether oxygens (including phenoxy) is 2. The van der Waals surface area contributed by atoms with Gasteiger partial charge in [-0.15, -0.1) is 0 Å². The molecule has 4 rings (SSSR count). The summed E-state index contributed by atoms with van der Waals surface area (Å²) in [5.74, 6) is 0.400. The van der Waals surface area contributed by atoms with Crippen LogP contribution in [0.15, 0.2) is 71.8 Å². The second kappa shape index (κ2) is 8.60. The summed E-state index contributed by atoms with van der Waals surface area (Å²) in [5.41, 5.74) is 1.97. The van der Waals surface area contributed by atoms with E-state index in [4.69, 9.17) is 9.47 Å². The van der Waals surface area contributed by atoms with Gasteiger partial charge in [0.2, 0.25) is 0 Å². The minimum Gasteiger partial charge on any atom is -0.497 e. The number of hydrogen-bond donors (Lipinski definition) is 3. The fourth-order valence-corrected chi connectivity index (χ4v) is 4.07. The van der Waals surface area contributed by atoms with Gasteiger partial charge in [-0.1, -0.05) is 6.07 Å². The summed E-state index contributed by atoms with van der Waals surface area (Å²) in [7, 11) is -0.999. The van der Waals surface area contributed by atoms with Crippen molar-refractivity contribution in [3.05, 3.63) is 72.6 Å². The number of aromatic nitrogens is 2. The van der Waals surface area contributed by atoms with Crippen molar-refractivity contribution in [1.29, 1.82) is 0 Å². The fraction of sp³-hybridized carbons (Fsp3) is 0.0909. The number of aromatic amines is 1. The molecule has 2 aromatic carbocycles. The van der Waals surface area contributed by atoms with Crippen LogP contribution in [0.4, 0.5) is 11.4 Å². The quantitative estimate of drug-likeness (QED) is 0.393. The third kappa shape index (κ3) is 4.35. The Balaban J connectivity index is 1.59. The van der Waals surface area contributed by atoms with Crippen molar-refractivity contribution in [2.24, 2.45) is 0 Å². The maximum atomic E-state index is 12.7. The molecule has 1 amide bonds. The zero-order valence-electron chi connectivity index (χ0n) is 17.2. The van der Waals surface area contributed by atoms with Crippen LogP contribution in [-0.4, -0.2) is 38.5 Å². The molecular formula is C22H20N4O5S. The number of carbonyl (C=O) groups is 1. The van der Waals surface area contributed by atoms with Crippen LogP contribution in [0.2, 0.25) is 0 Å². The van der Waals surface area contributed by atoms with E-state index in [1.54, 1.807) is 25.4 Å². The Bertz CT molecular complexity index is 1380. The number of anilines is 2. The van der Waals surface area contributed by atoms with Gasteiger partial charge in [0.1, 0.15) is 22.8 Å². The van der Waals surface area contributed by atoms with E-state index in [1.165, 1.54) is 31.4 Å². The molecule has 0 atom stereocenters. The Morgan fingerprint density at radius 3 is 2.44 bits per heavy atom. The lowest BCUT2D eigenvalue weighted by Crippen LogP contribution is -2.30. The monoisotopic (exact) mass is 452 g/mol.